The van der Waals surface area contributed by atoms with Crippen molar-refractivity contribution in [2.45, 2.75) is 6.04 Å². The first kappa shape index (κ1) is 14.7. The molecule has 0 aliphatic carbocycles. The highest BCUT2D eigenvalue weighted by molar-refractivity contribution is 5.95. The Morgan fingerprint density at radius 1 is 1.50 bits per heavy atom. The highest BCUT2D eigenvalue weighted by atomic mass is 19.1. The predicted octanol–water partition coefficient (Wildman–Crippen LogP) is 0.840. The van der Waals surface area contributed by atoms with E-state index in [-0.39, 0.29) is 31.0 Å². The summed E-state index contributed by atoms with van der Waals surface area (Å²) in [7, 11) is 1.40. The lowest BCUT2D eigenvalue weighted by molar-refractivity contribution is -0.0184. The molecule has 1 aromatic carbocycles. The minimum atomic E-state index is -0.829. The van der Waals surface area contributed by atoms with E-state index in [2.05, 4.69) is 5.32 Å². The van der Waals surface area contributed by atoms with Crippen LogP contribution in [0.25, 0.3) is 0 Å². The molecule has 0 saturated carbocycles. The van der Waals surface area contributed by atoms with Crippen LogP contribution in [0.4, 0.5) is 14.5 Å². The Hall–Kier alpha value is -1.73. The molecule has 1 aromatic rings. The third-order valence-corrected chi connectivity index (χ3v) is 3.24. The Morgan fingerprint density at radius 2 is 2.15 bits per heavy atom. The normalized spacial score (nSPS) is 19.0. The predicted molar refractivity (Wildman–Crippen MR) is 68.6 cm³/mol. The molecule has 0 spiro atoms. The van der Waals surface area contributed by atoms with E-state index in [1.54, 1.807) is 0 Å². The number of carbonyl (C=O) groups excluding carboxylic acids is 1. The van der Waals surface area contributed by atoms with E-state index in [1.165, 1.54) is 11.9 Å². The molecule has 0 radical (unpaired) electrons. The Labute approximate surface area is 115 Å². The zero-order valence-electron chi connectivity index (χ0n) is 11.0. The highest BCUT2D eigenvalue weighted by Crippen LogP contribution is 2.22. The van der Waals surface area contributed by atoms with E-state index >= 15 is 0 Å². The van der Waals surface area contributed by atoms with Gasteiger partial charge in [-0.25, -0.2) is 8.78 Å². The molecule has 0 bridgehead atoms. The van der Waals surface area contributed by atoms with E-state index < -0.39 is 23.6 Å². The second-order valence-electron chi connectivity index (χ2n) is 4.47. The van der Waals surface area contributed by atoms with Gasteiger partial charge in [-0.2, -0.15) is 0 Å². The molecule has 2 N–H and O–H groups in total. The number of nitrogens with zero attached hydrogens (tertiary/aromatic N) is 1. The molecule has 1 atom stereocenters. The molecular weight excluding hydrogens is 270 g/mol. The molecule has 1 unspecified atom stereocenters. The highest BCUT2D eigenvalue weighted by Gasteiger charge is 2.28. The van der Waals surface area contributed by atoms with Gasteiger partial charge >= 0.3 is 0 Å². The molecular formula is C13H16F2N2O3. The summed E-state index contributed by atoms with van der Waals surface area (Å²) < 4.78 is 32.5. The lowest BCUT2D eigenvalue weighted by atomic mass is 10.1. The number of carbonyl (C=O) groups is 1. The standard InChI is InChI=1S/C13H16F2N2O3/c1-16-12-10(14)4-8(5-11(12)15)13(19)17-2-3-20-7-9(17)6-18/h4-5,9,16,18H,2-3,6-7H2,1H3. The molecule has 110 valence electrons. The topological polar surface area (TPSA) is 61.8 Å². The number of benzene rings is 1. The van der Waals surface area contributed by atoms with Gasteiger partial charge in [-0.3, -0.25) is 4.79 Å². The first-order valence-corrected chi connectivity index (χ1v) is 6.24. The van der Waals surface area contributed by atoms with Crippen LogP contribution in [0.2, 0.25) is 0 Å². The van der Waals surface area contributed by atoms with Crippen LogP contribution in [0.15, 0.2) is 12.1 Å². The molecule has 7 heteroatoms. The first-order chi connectivity index (χ1) is 9.58. The average molecular weight is 286 g/mol. The van der Waals surface area contributed by atoms with Crippen LogP contribution in [0.3, 0.4) is 0 Å². The maximum atomic E-state index is 13.7. The summed E-state index contributed by atoms with van der Waals surface area (Å²) >= 11 is 0. The van der Waals surface area contributed by atoms with E-state index in [9.17, 15) is 18.7 Å². The molecule has 1 aliphatic rings. The van der Waals surface area contributed by atoms with Crippen LogP contribution in [0.5, 0.6) is 0 Å². The average Bonchev–Trinajstić information content (AvgIpc) is 2.46. The van der Waals surface area contributed by atoms with Gasteiger partial charge < -0.3 is 20.1 Å². The van der Waals surface area contributed by atoms with Crippen molar-refractivity contribution in [3.63, 3.8) is 0 Å². The number of hydrogen-bond acceptors (Lipinski definition) is 4. The number of hydrogen-bond donors (Lipinski definition) is 2. The molecule has 0 aromatic heterocycles. The minimum absolute atomic E-state index is 0.0839. The summed E-state index contributed by atoms with van der Waals surface area (Å²) in [5.74, 6) is -2.18. The van der Waals surface area contributed by atoms with Crippen LogP contribution in [0, 0.1) is 11.6 Å². The van der Waals surface area contributed by atoms with Gasteiger partial charge in [-0.15, -0.1) is 0 Å². The van der Waals surface area contributed by atoms with E-state index in [0.717, 1.165) is 12.1 Å². The maximum absolute atomic E-state index is 13.7. The summed E-state index contributed by atoms with van der Waals surface area (Å²) in [6, 6.07) is 1.48. The SMILES string of the molecule is CNc1c(F)cc(C(=O)N2CCOCC2CO)cc1F. The van der Waals surface area contributed by atoms with Crippen molar-refractivity contribution in [1.82, 2.24) is 4.90 Å². The van der Waals surface area contributed by atoms with Crippen LogP contribution in [-0.4, -0.2) is 55.4 Å². The zero-order valence-corrected chi connectivity index (χ0v) is 11.0. The molecule has 5 nitrogen and oxygen atoms in total. The van der Waals surface area contributed by atoms with E-state index in [4.69, 9.17) is 4.74 Å². The van der Waals surface area contributed by atoms with Crippen LogP contribution in [0.1, 0.15) is 10.4 Å². The maximum Gasteiger partial charge on any atom is 0.254 e. The van der Waals surface area contributed by atoms with Crippen molar-refractivity contribution in [2.75, 3.05) is 38.7 Å². The summed E-state index contributed by atoms with van der Waals surface area (Å²) in [5, 5.41) is 11.6. The largest absolute Gasteiger partial charge is 0.394 e. The summed E-state index contributed by atoms with van der Waals surface area (Å²) in [5.41, 5.74) is -0.360. The zero-order chi connectivity index (χ0) is 14.7. The second kappa shape index (κ2) is 6.15. The number of nitrogens with one attached hydrogen (secondary N) is 1. The van der Waals surface area contributed by atoms with Gasteiger partial charge in [0.1, 0.15) is 17.3 Å². The number of amides is 1. The fourth-order valence-electron chi connectivity index (χ4n) is 2.17. The number of halogens is 2. The number of ether oxygens (including phenoxy) is 1. The van der Waals surface area contributed by atoms with Gasteiger partial charge in [0.05, 0.1) is 25.9 Å². The van der Waals surface area contributed by atoms with Crippen molar-refractivity contribution in [2.24, 2.45) is 0 Å². The Kier molecular flexibility index (Phi) is 4.51. The lowest BCUT2D eigenvalue weighted by Crippen LogP contribution is -2.50. The number of morpholine rings is 1. The van der Waals surface area contributed by atoms with Crippen molar-refractivity contribution >= 4 is 11.6 Å². The quantitative estimate of drug-likeness (QED) is 0.864. The van der Waals surface area contributed by atoms with Gasteiger partial charge in [0.25, 0.3) is 5.91 Å². The number of aliphatic hydroxyl groups excluding tert-OH is 1. The fourth-order valence-corrected chi connectivity index (χ4v) is 2.17. The van der Waals surface area contributed by atoms with E-state index in [1.807, 2.05) is 0 Å². The molecule has 1 heterocycles. The summed E-state index contributed by atoms with van der Waals surface area (Å²) in [6.07, 6.45) is 0. The van der Waals surface area contributed by atoms with Gasteiger partial charge in [-0.1, -0.05) is 0 Å². The van der Waals surface area contributed by atoms with Gasteiger partial charge in [0.2, 0.25) is 0 Å². The number of aliphatic hydroxyl groups is 1. The summed E-state index contributed by atoms with van der Waals surface area (Å²) in [4.78, 5) is 13.7. The van der Waals surface area contributed by atoms with Crippen molar-refractivity contribution < 1.29 is 23.4 Å². The Morgan fingerprint density at radius 3 is 2.70 bits per heavy atom. The lowest BCUT2D eigenvalue weighted by Gasteiger charge is -2.34. The second-order valence-corrected chi connectivity index (χ2v) is 4.47. The van der Waals surface area contributed by atoms with Crippen LogP contribution in [-0.2, 0) is 4.74 Å². The van der Waals surface area contributed by atoms with Crippen molar-refractivity contribution in [3.8, 4) is 0 Å². The van der Waals surface area contributed by atoms with Gasteiger partial charge in [-0.05, 0) is 12.1 Å². The fraction of sp³-hybridized carbons (Fsp3) is 0.462. The monoisotopic (exact) mass is 286 g/mol. The summed E-state index contributed by atoms with van der Waals surface area (Å²) in [6.45, 7) is 0.565. The van der Waals surface area contributed by atoms with Crippen molar-refractivity contribution in [3.05, 3.63) is 29.3 Å². The smallest absolute Gasteiger partial charge is 0.254 e. The molecule has 2 rings (SSSR count). The third-order valence-electron chi connectivity index (χ3n) is 3.24. The van der Waals surface area contributed by atoms with Crippen LogP contribution < -0.4 is 5.32 Å². The number of rotatable bonds is 3. The Balaban J connectivity index is 2.28. The first-order valence-electron chi connectivity index (χ1n) is 6.24. The molecule has 1 saturated heterocycles. The molecule has 1 aliphatic heterocycles. The van der Waals surface area contributed by atoms with Crippen molar-refractivity contribution in [1.29, 1.82) is 0 Å². The van der Waals surface area contributed by atoms with Gasteiger partial charge in [0, 0.05) is 19.2 Å². The Bertz CT molecular complexity index is 487. The van der Waals surface area contributed by atoms with Gasteiger partial charge in [0.15, 0.2) is 0 Å². The number of anilines is 1. The van der Waals surface area contributed by atoms with Crippen LogP contribution >= 0.6 is 0 Å². The third kappa shape index (κ3) is 2.73. The minimum Gasteiger partial charge on any atom is -0.394 e. The van der Waals surface area contributed by atoms with E-state index in [0.29, 0.717) is 6.61 Å². The molecule has 1 amide bonds. The molecule has 20 heavy (non-hydrogen) atoms. The molecule has 1 fully saturated rings.